The lowest BCUT2D eigenvalue weighted by molar-refractivity contribution is -0.137. The fourth-order valence-corrected chi connectivity index (χ4v) is 3.91. The number of hydrogen-bond acceptors (Lipinski definition) is 5. The average Bonchev–Trinajstić information content (AvgIpc) is 2.82. The summed E-state index contributed by atoms with van der Waals surface area (Å²) in [6, 6.07) is 0.810. The van der Waals surface area contributed by atoms with Crippen molar-refractivity contribution in [3.63, 3.8) is 0 Å². The van der Waals surface area contributed by atoms with Gasteiger partial charge in [0.25, 0.3) is 9.84 Å². The molecule has 0 aliphatic rings. The zero-order valence-corrected chi connectivity index (χ0v) is 16.0. The normalized spacial score (nSPS) is 13.0. The summed E-state index contributed by atoms with van der Waals surface area (Å²) in [5.74, 6) is -1.15. The predicted octanol–water partition coefficient (Wildman–Crippen LogP) is 3.71. The Morgan fingerprint density at radius 3 is 1.93 bits per heavy atom. The zero-order chi connectivity index (χ0) is 21.8. The molecular formula is C12H6Cl2F6N4O2S2. The third kappa shape index (κ3) is 3.73. The second-order valence-corrected chi connectivity index (χ2v) is 8.21. The van der Waals surface area contributed by atoms with Crippen molar-refractivity contribution in [2.24, 2.45) is 5.73 Å². The van der Waals surface area contributed by atoms with Crippen LogP contribution >= 0.6 is 35.4 Å². The van der Waals surface area contributed by atoms with Crippen molar-refractivity contribution in [2.45, 2.75) is 16.6 Å². The van der Waals surface area contributed by atoms with Crippen molar-refractivity contribution in [1.82, 2.24) is 9.78 Å². The van der Waals surface area contributed by atoms with Crippen molar-refractivity contribution in [3.8, 4) is 5.69 Å². The van der Waals surface area contributed by atoms with E-state index in [-0.39, 0.29) is 0 Å². The number of nitrogens with zero attached hydrogens (tertiary/aromatic N) is 2. The molecule has 2 rings (SSSR count). The molecule has 1 heterocycles. The number of nitrogens with two attached hydrogens (primary N) is 2. The number of nitrogen functional groups attached to an aromatic ring is 1. The number of sulfone groups is 1. The molecule has 154 valence electrons. The smallest absolute Gasteiger partial charge is 0.388 e. The Bertz CT molecular complexity index is 1060. The van der Waals surface area contributed by atoms with Crippen molar-refractivity contribution in [2.75, 3.05) is 5.73 Å². The Labute approximate surface area is 167 Å². The molecule has 4 N–H and O–H groups in total. The Hall–Kier alpha value is -1.77. The topological polar surface area (TPSA) is 104 Å². The van der Waals surface area contributed by atoms with Crippen molar-refractivity contribution >= 4 is 56.1 Å². The van der Waals surface area contributed by atoms with Crippen LogP contribution in [0.1, 0.15) is 11.3 Å². The number of rotatable bonds is 3. The van der Waals surface area contributed by atoms with Crippen LogP contribution in [0.25, 0.3) is 5.69 Å². The minimum Gasteiger partial charge on any atom is -0.388 e. The SMILES string of the molecule is NC(=S)c1nn(-c2c(Cl)cc(C(F)(F)F)cc2Cl)c(N)c1S(=O)(=O)C(F)(F)F. The number of alkyl halides is 6. The lowest BCUT2D eigenvalue weighted by atomic mass is 10.2. The van der Waals surface area contributed by atoms with Gasteiger partial charge in [0.05, 0.1) is 15.6 Å². The predicted molar refractivity (Wildman–Crippen MR) is 92.1 cm³/mol. The number of anilines is 1. The first-order valence-electron chi connectivity index (χ1n) is 6.56. The Kier molecular flexibility index (Phi) is 5.57. The van der Waals surface area contributed by atoms with Crippen LogP contribution < -0.4 is 11.5 Å². The van der Waals surface area contributed by atoms with Gasteiger partial charge in [0.2, 0.25) is 0 Å². The summed E-state index contributed by atoms with van der Waals surface area (Å²) in [7, 11) is -6.07. The maximum absolute atomic E-state index is 13.0. The molecule has 2 aromatic rings. The standard InChI is InChI=1S/C12H6Cl2F6N4O2S2/c13-4-1-3(11(15,16)17)2-5(14)7(4)24-9(21)8(6(23-24)10(22)27)28(25,26)12(18,19)20/h1-2H,21H2,(H2,22,27). The lowest BCUT2D eigenvalue weighted by Crippen LogP contribution is -2.26. The van der Waals surface area contributed by atoms with Crippen LogP contribution in [0, 0.1) is 0 Å². The number of benzene rings is 1. The van der Waals surface area contributed by atoms with Crippen molar-refractivity contribution in [3.05, 3.63) is 33.4 Å². The molecule has 0 saturated carbocycles. The molecule has 1 aromatic carbocycles. The number of aromatic nitrogens is 2. The molecule has 1 aromatic heterocycles. The lowest BCUT2D eigenvalue weighted by Gasteiger charge is -2.13. The van der Waals surface area contributed by atoms with Crippen molar-refractivity contribution < 1.29 is 34.8 Å². The van der Waals surface area contributed by atoms with E-state index in [1.807, 2.05) is 0 Å². The fourth-order valence-electron chi connectivity index (χ4n) is 2.06. The molecule has 0 amide bonds. The Morgan fingerprint density at radius 1 is 1.11 bits per heavy atom. The van der Waals surface area contributed by atoms with E-state index in [0.29, 0.717) is 16.8 Å². The van der Waals surface area contributed by atoms with E-state index in [0.717, 1.165) is 0 Å². The quantitative estimate of drug-likeness (QED) is 0.506. The van der Waals surface area contributed by atoms with Crippen LogP contribution in [-0.2, 0) is 16.0 Å². The zero-order valence-electron chi connectivity index (χ0n) is 12.9. The summed E-state index contributed by atoms with van der Waals surface area (Å²) >= 11 is 16.0. The first kappa shape index (κ1) is 22.5. The van der Waals surface area contributed by atoms with E-state index in [1.54, 1.807) is 0 Å². The van der Waals surface area contributed by atoms with E-state index in [4.69, 9.17) is 34.7 Å². The molecule has 0 spiro atoms. The maximum atomic E-state index is 13.0. The van der Waals surface area contributed by atoms with Crippen LogP contribution in [0.3, 0.4) is 0 Å². The fraction of sp³-hybridized carbons (Fsp3) is 0.167. The van der Waals surface area contributed by atoms with Crippen LogP contribution in [0.15, 0.2) is 17.0 Å². The van der Waals surface area contributed by atoms with Gasteiger partial charge in [0.1, 0.15) is 27.1 Å². The van der Waals surface area contributed by atoms with Crippen LogP contribution in [-0.4, -0.2) is 28.7 Å². The molecule has 0 radical (unpaired) electrons. The van der Waals surface area contributed by atoms with Crippen LogP contribution in [0.5, 0.6) is 0 Å². The molecule has 0 fully saturated rings. The van der Waals surface area contributed by atoms with Gasteiger partial charge in [-0.3, -0.25) is 0 Å². The highest BCUT2D eigenvalue weighted by molar-refractivity contribution is 7.92. The molecular weight excluding hydrogens is 481 g/mol. The van der Waals surface area contributed by atoms with Gasteiger partial charge in [-0.2, -0.15) is 31.4 Å². The summed E-state index contributed by atoms with van der Waals surface area (Å²) in [6.07, 6.45) is -4.84. The number of hydrogen-bond donors (Lipinski definition) is 2. The monoisotopic (exact) mass is 486 g/mol. The summed E-state index contributed by atoms with van der Waals surface area (Å²) in [6.45, 7) is 0. The van der Waals surface area contributed by atoms with E-state index in [1.165, 1.54) is 0 Å². The van der Waals surface area contributed by atoms with E-state index >= 15 is 0 Å². The Morgan fingerprint density at radius 2 is 1.57 bits per heavy atom. The van der Waals surface area contributed by atoms with Gasteiger partial charge in [-0.05, 0) is 12.1 Å². The molecule has 6 nitrogen and oxygen atoms in total. The summed E-state index contributed by atoms with van der Waals surface area (Å²) in [4.78, 5) is -2.44. The third-order valence-corrected chi connectivity index (χ3v) is 5.56. The molecule has 0 bridgehead atoms. The number of halogens is 8. The minimum atomic E-state index is -6.07. The van der Waals surface area contributed by atoms with Gasteiger partial charge in [-0.25, -0.2) is 13.1 Å². The van der Waals surface area contributed by atoms with Crippen molar-refractivity contribution in [1.29, 1.82) is 0 Å². The highest BCUT2D eigenvalue weighted by Crippen LogP contribution is 2.41. The van der Waals surface area contributed by atoms with E-state index in [2.05, 4.69) is 17.3 Å². The molecule has 0 unspecified atom stereocenters. The van der Waals surface area contributed by atoms with Gasteiger partial charge in [0, 0.05) is 0 Å². The van der Waals surface area contributed by atoms with Gasteiger partial charge >= 0.3 is 11.7 Å². The van der Waals surface area contributed by atoms with E-state index < -0.39 is 64.2 Å². The second-order valence-electron chi connectivity index (χ2n) is 5.07. The molecule has 16 heteroatoms. The average molecular weight is 487 g/mol. The molecule has 0 saturated heterocycles. The highest BCUT2D eigenvalue weighted by Gasteiger charge is 2.51. The molecule has 0 aliphatic heterocycles. The maximum Gasteiger partial charge on any atom is 0.502 e. The van der Waals surface area contributed by atoms with Gasteiger partial charge in [-0.15, -0.1) is 0 Å². The molecule has 0 atom stereocenters. The van der Waals surface area contributed by atoms with Gasteiger partial charge < -0.3 is 11.5 Å². The minimum absolute atomic E-state index is 0.317. The van der Waals surface area contributed by atoms with Gasteiger partial charge in [-0.1, -0.05) is 35.4 Å². The first-order valence-corrected chi connectivity index (χ1v) is 9.21. The first-order chi connectivity index (χ1) is 12.5. The largest absolute Gasteiger partial charge is 0.502 e. The molecule has 28 heavy (non-hydrogen) atoms. The van der Waals surface area contributed by atoms with E-state index in [9.17, 15) is 34.8 Å². The van der Waals surface area contributed by atoms with Gasteiger partial charge in [0.15, 0.2) is 0 Å². The number of thiocarbonyl (C=S) groups is 1. The summed E-state index contributed by atoms with van der Waals surface area (Å²) in [5, 5.41) is 2.02. The van der Waals surface area contributed by atoms with Crippen LogP contribution in [0.2, 0.25) is 10.0 Å². The Balaban J connectivity index is 2.88. The summed E-state index contributed by atoms with van der Waals surface area (Å²) in [5.41, 5.74) is 2.02. The second kappa shape index (κ2) is 6.93. The third-order valence-electron chi connectivity index (χ3n) is 3.24. The highest BCUT2D eigenvalue weighted by atomic mass is 35.5. The molecule has 0 aliphatic carbocycles. The van der Waals surface area contributed by atoms with Crippen LogP contribution in [0.4, 0.5) is 32.2 Å². The summed E-state index contributed by atoms with van der Waals surface area (Å²) < 4.78 is 101.